The Kier molecular flexibility index (Phi) is 5.52. The molecule has 1 aromatic carbocycles. The van der Waals surface area contributed by atoms with Gasteiger partial charge in [0, 0.05) is 11.6 Å². The predicted octanol–water partition coefficient (Wildman–Crippen LogP) is 4.46. The van der Waals surface area contributed by atoms with E-state index in [0.29, 0.717) is 12.5 Å². The Morgan fingerprint density at radius 3 is 2.72 bits per heavy atom. The van der Waals surface area contributed by atoms with Crippen LogP contribution in [0.25, 0.3) is 0 Å². The molecule has 1 saturated carbocycles. The summed E-state index contributed by atoms with van der Waals surface area (Å²) < 4.78 is 0. The first-order valence-electron chi connectivity index (χ1n) is 7.13. The summed E-state index contributed by atoms with van der Waals surface area (Å²) in [6, 6.07) is 8.00. The standard InChI is InChI=1S/C16H23ClO/c17-16-7-3-6-14(11-16)10-15(12-18)9-8-13-4-1-2-5-13/h3,6-7,11,13,15,18H,1-2,4-5,8-10,12H2. The van der Waals surface area contributed by atoms with Crippen LogP contribution in [0.1, 0.15) is 44.1 Å². The quantitative estimate of drug-likeness (QED) is 0.806. The van der Waals surface area contributed by atoms with Crippen molar-refractivity contribution in [3.63, 3.8) is 0 Å². The second-order valence-corrected chi connectivity index (χ2v) is 6.05. The molecule has 100 valence electrons. The molecule has 2 heteroatoms. The van der Waals surface area contributed by atoms with E-state index in [2.05, 4.69) is 6.07 Å². The van der Waals surface area contributed by atoms with Crippen LogP contribution < -0.4 is 0 Å². The van der Waals surface area contributed by atoms with E-state index in [9.17, 15) is 5.11 Å². The monoisotopic (exact) mass is 266 g/mol. The summed E-state index contributed by atoms with van der Waals surface area (Å²) in [5.41, 5.74) is 1.24. The SMILES string of the molecule is OCC(CCC1CCCC1)Cc1cccc(Cl)c1. The molecule has 1 atom stereocenters. The van der Waals surface area contributed by atoms with Gasteiger partial charge in [-0.1, -0.05) is 55.8 Å². The summed E-state index contributed by atoms with van der Waals surface area (Å²) in [7, 11) is 0. The highest BCUT2D eigenvalue weighted by molar-refractivity contribution is 6.30. The average Bonchev–Trinajstić information content (AvgIpc) is 2.87. The molecule has 1 fully saturated rings. The maximum Gasteiger partial charge on any atom is 0.0462 e. The van der Waals surface area contributed by atoms with Crippen LogP contribution in [-0.4, -0.2) is 11.7 Å². The largest absolute Gasteiger partial charge is 0.396 e. The van der Waals surface area contributed by atoms with Crippen LogP contribution in [-0.2, 0) is 6.42 Å². The van der Waals surface area contributed by atoms with Crippen LogP contribution in [0.15, 0.2) is 24.3 Å². The lowest BCUT2D eigenvalue weighted by atomic mass is 9.91. The molecule has 2 rings (SSSR count). The molecule has 0 aliphatic heterocycles. The Morgan fingerprint density at radius 1 is 1.28 bits per heavy atom. The Bertz CT molecular complexity index is 358. The molecule has 0 heterocycles. The molecule has 18 heavy (non-hydrogen) atoms. The Morgan fingerprint density at radius 2 is 2.06 bits per heavy atom. The highest BCUT2D eigenvalue weighted by Crippen LogP contribution is 2.30. The van der Waals surface area contributed by atoms with E-state index < -0.39 is 0 Å². The van der Waals surface area contributed by atoms with Crippen LogP contribution in [0.3, 0.4) is 0 Å². The van der Waals surface area contributed by atoms with Gasteiger partial charge in [-0.25, -0.2) is 0 Å². The third-order valence-electron chi connectivity index (χ3n) is 4.13. The molecule has 1 nitrogen and oxygen atoms in total. The van der Waals surface area contributed by atoms with Gasteiger partial charge in [-0.05, 0) is 42.4 Å². The summed E-state index contributed by atoms with van der Waals surface area (Å²) in [6.07, 6.45) is 8.99. The summed E-state index contributed by atoms with van der Waals surface area (Å²) in [5, 5.41) is 10.3. The summed E-state index contributed by atoms with van der Waals surface area (Å²) in [4.78, 5) is 0. The van der Waals surface area contributed by atoms with Crippen LogP contribution in [0.2, 0.25) is 5.02 Å². The van der Waals surface area contributed by atoms with Gasteiger partial charge >= 0.3 is 0 Å². The van der Waals surface area contributed by atoms with Crippen molar-refractivity contribution in [1.29, 1.82) is 0 Å². The average molecular weight is 267 g/mol. The molecule has 0 bridgehead atoms. The molecule has 0 spiro atoms. The van der Waals surface area contributed by atoms with Crippen LogP contribution in [0, 0.1) is 11.8 Å². The first-order valence-corrected chi connectivity index (χ1v) is 7.51. The number of benzene rings is 1. The van der Waals surface area contributed by atoms with Crippen molar-refractivity contribution in [2.75, 3.05) is 6.61 Å². The van der Waals surface area contributed by atoms with Gasteiger partial charge in [0.15, 0.2) is 0 Å². The van der Waals surface area contributed by atoms with Crippen LogP contribution in [0.4, 0.5) is 0 Å². The number of hydrogen-bond acceptors (Lipinski definition) is 1. The van der Waals surface area contributed by atoms with E-state index in [1.165, 1.54) is 37.7 Å². The van der Waals surface area contributed by atoms with Crippen molar-refractivity contribution in [2.24, 2.45) is 11.8 Å². The zero-order chi connectivity index (χ0) is 12.8. The van der Waals surface area contributed by atoms with Gasteiger partial charge in [0.25, 0.3) is 0 Å². The van der Waals surface area contributed by atoms with E-state index >= 15 is 0 Å². The van der Waals surface area contributed by atoms with Gasteiger partial charge in [0.1, 0.15) is 0 Å². The number of rotatable bonds is 6. The minimum absolute atomic E-state index is 0.291. The number of halogens is 1. The maximum absolute atomic E-state index is 9.50. The van der Waals surface area contributed by atoms with Gasteiger partial charge in [-0.3, -0.25) is 0 Å². The Balaban J connectivity index is 1.81. The first-order chi connectivity index (χ1) is 8.78. The molecule has 1 aromatic rings. The van der Waals surface area contributed by atoms with E-state index in [-0.39, 0.29) is 0 Å². The van der Waals surface area contributed by atoms with Gasteiger partial charge in [-0.2, -0.15) is 0 Å². The number of hydrogen-bond donors (Lipinski definition) is 1. The number of aliphatic hydroxyl groups excluding tert-OH is 1. The molecule has 0 radical (unpaired) electrons. The maximum atomic E-state index is 9.50. The Hall–Kier alpha value is -0.530. The third kappa shape index (κ3) is 4.29. The van der Waals surface area contributed by atoms with E-state index in [4.69, 9.17) is 11.6 Å². The van der Waals surface area contributed by atoms with Crippen LogP contribution in [0.5, 0.6) is 0 Å². The minimum Gasteiger partial charge on any atom is -0.396 e. The molecule has 0 saturated heterocycles. The molecule has 0 aromatic heterocycles. The minimum atomic E-state index is 0.291. The lowest BCUT2D eigenvalue weighted by molar-refractivity contribution is 0.209. The van der Waals surface area contributed by atoms with Crippen molar-refractivity contribution in [3.8, 4) is 0 Å². The molecule has 1 N–H and O–H groups in total. The summed E-state index contributed by atoms with van der Waals surface area (Å²) >= 11 is 5.99. The highest BCUT2D eigenvalue weighted by Gasteiger charge is 2.17. The fourth-order valence-corrected chi connectivity index (χ4v) is 3.24. The van der Waals surface area contributed by atoms with Gasteiger partial charge in [0.05, 0.1) is 0 Å². The molecule has 1 aliphatic rings. The second-order valence-electron chi connectivity index (χ2n) is 5.61. The third-order valence-corrected chi connectivity index (χ3v) is 4.36. The fraction of sp³-hybridized carbons (Fsp3) is 0.625. The van der Waals surface area contributed by atoms with E-state index in [0.717, 1.165) is 23.8 Å². The molecular weight excluding hydrogens is 244 g/mol. The van der Waals surface area contributed by atoms with Crippen LogP contribution >= 0.6 is 11.6 Å². The zero-order valence-corrected chi connectivity index (χ0v) is 11.7. The van der Waals surface area contributed by atoms with Crippen molar-refractivity contribution in [3.05, 3.63) is 34.9 Å². The Labute approximate surface area is 115 Å². The lowest BCUT2D eigenvalue weighted by Gasteiger charge is -2.17. The zero-order valence-electron chi connectivity index (χ0n) is 10.9. The topological polar surface area (TPSA) is 20.2 Å². The molecule has 0 amide bonds. The van der Waals surface area contributed by atoms with Crippen molar-refractivity contribution < 1.29 is 5.11 Å². The molecule has 1 unspecified atom stereocenters. The fourth-order valence-electron chi connectivity index (χ4n) is 3.03. The van der Waals surface area contributed by atoms with E-state index in [1.807, 2.05) is 18.2 Å². The molecule has 1 aliphatic carbocycles. The van der Waals surface area contributed by atoms with Crippen molar-refractivity contribution >= 4 is 11.6 Å². The predicted molar refractivity (Wildman–Crippen MR) is 76.9 cm³/mol. The summed E-state index contributed by atoms with van der Waals surface area (Å²) in [6.45, 7) is 0.291. The van der Waals surface area contributed by atoms with E-state index in [1.54, 1.807) is 0 Å². The van der Waals surface area contributed by atoms with Crippen molar-refractivity contribution in [1.82, 2.24) is 0 Å². The smallest absolute Gasteiger partial charge is 0.0462 e. The first kappa shape index (κ1) is 13.9. The summed E-state index contributed by atoms with van der Waals surface area (Å²) in [5.74, 6) is 1.31. The van der Waals surface area contributed by atoms with Gasteiger partial charge in [0.2, 0.25) is 0 Å². The van der Waals surface area contributed by atoms with Crippen molar-refractivity contribution in [2.45, 2.75) is 44.9 Å². The number of aliphatic hydroxyl groups is 1. The molecular formula is C16H23ClO. The second kappa shape index (κ2) is 7.16. The van der Waals surface area contributed by atoms with Gasteiger partial charge in [-0.15, -0.1) is 0 Å². The highest BCUT2D eigenvalue weighted by atomic mass is 35.5. The van der Waals surface area contributed by atoms with Gasteiger partial charge < -0.3 is 5.11 Å². The normalized spacial score (nSPS) is 18.1. The lowest BCUT2D eigenvalue weighted by Crippen LogP contribution is -2.11.